The van der Waals surface area contributed by atoms with Gasteiger partial charge in [0.15, 0.2) is 0 Å². The lowest BCUT2D eigenvalue weighted by Gasteiger charge is -2.30. The number of halogens is 1. The first-order valence-electron chi connectivity index (χ1n) is 9.28. The predicted octanol–water partition coefficient (Wildman–Crippen LogP) is 2.53. The molecule has 6 nitrogen and oxygen atoms in total. The SMILES string of the molecule is C#C[C@H]1CC[C@@H](C#N)N1C(=O)CNC1CCC(Oc2cncc(Cl)c2)CC1. The number of hydrogen-bond donors (Lipinski definition) is 1. The first kappa shape index (κ1) is 19.5. The molecule has 0 unspecified atom stereocenters. The monoisotopic (exact) mass is 386 g/mol. The van der Waals surface area contributed by atoms with Gasteiger partial charge in [-0.05, 0) is 38.5 Å². The number of ether oxygens (including phenoxy) is 1. The summed E-state index contributed by atoms with van der Waals surface area (Å²) in [5, 5.41) is 13.1. The third kappa shape index (κ3) is 4.91. The van der Waals surface area contributed by atoms with E-state index in [0.29, 0.717) is 23.6 Å². The summed E-state index contributed by atoms with van der Waals surface area (Å²) >= 11 is 5.93. The number of nitriles is 1. The summed E-state index contributed by atoms with van der Waals surface area (Å²) in [5.74, 6) is 3.22. The highest BCUT2D eigenvalue weighted by Gasteiger charge is 2.36. The van der Waals surface area contributed by atoms with E-state index in [-0.39, 0.29) is 30.6 Å². The highest BCUT2D eigenvalue weighted by atomic mass is 35.5. The number of nitrogens with zero attached hydrogens (tertiary/aromatic N) is 3. The van der Waals surface area contributed by atoms with Crippen molar-refractivity contribution in [2.75, 3.05) is 6.54 Å². The Morgan fingerprint density at radius 1 is 1.30 bits per heavy atom. The molecular formula is C20H23ClN4O2. The van der Waals surface area contributed by atoms with Crippen LogP contribution in [0.25, 0.3) is 0 Å². The van der Waals surface area contributed by atoms with Gasteiger partial charge in [-0.25, -0.2) is 0 Å². The van der Waals surface area contributed by atoms with E-state index >= 15 is 0 Å². The molecule has 2 atom stereocenters. The number of carbonyl (C=O) groups is 1. The molecule has 7 heteroatoms. The molecule has 0 aromatic carbocycles. The minimum atomic E-state index is -0.407. The molecule has 0 radical (unpaired) electrons. The van der Waals surface area contributed by atoms with E-state index in [2.05, 4.69) is 22.3 Å². The van der Waals surface area contributed by atoms with Crippen LogP contribution in [0.4, 0.5) is 0 Å². The zero-order valence-electron chi connectivity index (χ0n) is 15.1. The van der Waals surface area contributed by atoms with Crippen LogP contribution < -0.4 is 10.1 Å². The standard InChI is InChI=1S/C20H23ClN4O2/c1-2-16-5-6-17(10-22)25(16)20(26)13-24-15-3-7-18(8-4-15)27-19-9-14(21)11-23-12-19/h1,9,11-12,15-18,24H,3-8,13H2/t15?,16-,17-,18?/m0/s1. The van der Waals surface area contributed by atoms with Crippen LogP contribution in [-0.2, 0) is 4.79 Å². The summed E-state index contributed by atoms with van der Waals surface area (Å²) in [7, 11) is 0. The molecule has 1 aliphatic heterocycles. The third-order valence-electron chi connectivity index (χ3n) is 5.21. The highest BCUT2D eigenvalue weighted by molar-refractivity contribution is 6.30. The maximum absolute atomic E-state index is 12.5. The fourth-order valence-electron chi connectivity index (χ4n) is 3.81. The van der Waals surface area contributed by atoms with Crippen molar-refractivity contribution in [3.05, 3.63) is 23.5 Å². The molecule has 2 aliphatic rings. The smallest absolute Gasteiger partial charge is 0.238 e. The fraction of sp³-hybridized carbons (Fsp3) is 0.550. The lowest BCUT2D eigenvalue weighted by atomic mass is 9.93. The van der Waals surface area contributed by atoms with Crippen LogP contribution in [0.2, 0.25) is 5.02 Å². The Morgan fingerprint density at radius 2 is 2.04 bits per heavy atom. The molecule has 142 valence electrons. The minimum absolute atomic E-state index is 0.0922. The van der Waals surface area contributed by atoms with Gasteiger partial charge >= 0.3 is 0 Å². The van der Waals surface area contributed by atoms with Crippen LogP contribution in [0.1, 0.15) is 38.5 Å². The molecule has 1 saturated carbocycles. The Labute approximate surface area is 164 Å². The second kappa shape index (κ2) is 9.08. The van der Waals surface area contributed by atoms with Crippen LogP contribution in [-0.4, -0.2) is 46.6 Å². The molecule has 1 amide bonds. The number of nitrogens with one attached hydrogen (secondary N) is 1. The van der Waals surface area contributed by atoms with Crippen LogP contribution in [0, 0.1) is 23.7 Å². The summed E-state index contributed by atoms with van der Waals surface area (Å²) in [6.45, 7) is 0.213. The number of likely N-dealkylation sites (tertiary alicyclic amines) is 1. The number of hydrogen-bond acceptors (Lipinski definition) is 5. The van der Waals surface area contributed by atoms with Crippen LogP contribution >= 0.6 is 11.6 Å². The molecule has 1 aromatic heterocycles. The average molecular weight is 387 g/mol. The van der Waals surface area contributed by atoms with Gasteiger partial charge in [0, 0.05) is 18.3 Å². The Kier molecular flexibility index (Phi) is 6.55. The quantitative estimate of drug-likeness (QED) is 0.787. The van der Waals surface area contributed by atoms with Crippen LogP contribution in [0.3, 0.4) is 0 Å². The molecule has 1 N–H and O–H groups in total. The number of rotatable bonds is 5. The summed E-state index contributed by atoms with van der Waals surface area (Å²) in [5.41, 5.74) is 0. The second-order valence-electron chi connectivity index (χ2n) is 7.02. The molecule has 0 spiro atoms. The minimum Gasteiger partial charge on any atom is -0.489 e. The van der Waals surface area contributed by atoms with E-state index in [1.54, 1.807) is 23.4 Å². The van der Waals surface area contributed by atoms with Gasteiger partial charge in [-0.2, -0.15) is 5.26 Å². The average Bonchev–Trinajstić information content (AvgIpc) is 3.10. The third-order valence-corrected chi connectivity index (χ3v) is 5.42. The van der Waals surface area contributed by atoms with Gasteiger partial charge in [-0.1, -0.05) is 17.5 Å². The largest absolute Gasteiger partial charge is 0.489 e. The Balaban J connectivity index is 1.43. The fourth-order valence-corrected chi connectivity index (χ4v) is 3.97. The topological polar surface area (TPSA) is 78.2 Å². The number of carbonyl (C=O) groups excluding carboxylic acids is 1. The summed E-state index contributed by atoms with van der Waals surface area (Å²) in [4.78, 5) is 18.1. The van der Waals surface area contributed by atoms with E-state index in [1.165, 1.54) is 0 Å². The Morgan fingerprint density at radius 3 is 2.70 bits per heavy atom. The van der Waals surface area contributed by atoms with Gasteiger partial charge in [-0.15, -0.1) is 6.42 Å². The van der Waals surface area contributed by atoms with Crippen molar-refractivity contribution in [3.8, 4) is 24.2 Å². The van der Waals surface area contributed by atoms with Crippen molar-refractivity contribution in [2.24, 2.45) is 0 Å². The number of amides is 1. The normalized spacial score (nSPS) is 27.6. The van der Waals surface area contributed by atoms with E-state index in [1.807, 2.05) is 0 Å². The predicted molar refractivity (Wildman–Crippen MR) is 102 cm³/mol. The van der Waals surface area contributed by atoms with Crippen LogP contribution in [0.15, 0.2) is 18.5 Å². The lowest BCUT2D eigenvalue weighted by molar-refractivity contribution is -0.131. The van der Waals surface area contributed by atoms with Gasteiger partial charge in [-0.3, -0.25) is 9.78 Å². The Hall–Kier alpha value is -2.28. The first-order chi connectivity index (χ1) is 13.1. The van der Waals surface area contributed by atoms with Crippen molar-refractivity contribution in [1.82, 2.24) is 15.2 Å². The molecule has 1 aliphatic carbocycles. The number of terminal acetylenes is 1. The van der Waals surface area contributed by atoms with Crippen molar-refractivity contribution in [1.29, 1.82) is 5.26 Å². The zero-order valence-corrected chi connectivity index (χ0v) is 15.9. The summed E-state index contributed by atoms with van der Waals surface area (Å²) < 4.78 is 5.94. The van der Waals surface area contributed by atoms with Crippen molar-refractivity contribution in [3.63, 3.8) is 0 Å². The number of aromatic nitrogens is 1. The maximum atomic E-state index is 12.5. The van der Waals surface area contributed by atoms with Gasteiger partial charge in [0.1, 0.15) is 11.8 Å². The van der Waals surface area contributed by atoms with E-state index in [0.717, 1.165) is 25.7 Å². The molecule has 27 heavy (non-hydrogen) atoms. The molecular weight excluding hydrogens is 364 g/mol. The lowest BCUT2D eigenvalue weighted by Crippen LogP contribution is -2.47. The zero-order chi connectivity index (χ0) is 19.2. The molecule has 1 saturated heterocycles. The van der Waals surface area contributed by atoms with Gasteiger partial charge in [0.2, 0.25) is 5.91 Å². The van der Waals surface area contributed by atoms with E-state index < -0.39 is 6.04 Å². The Bertz CT molecular complexity index is 727. The van der Waals surface area contributed by atoms with E-state index in [9.17, 15) is 10.1 Å². The van der Waals surface area contributed by atoms with Crippen molar-refractivity contribution in [2.45, 2.75) is 62.8 Å². The van der Waals surface area contributed by atoms with Crippen molar-refractivity contribution < 1.29 is 9.53 Å². The second-order valence-corrected chi connectivity index (χ2v) is 7.45. The molecule has 2 fully saturated rings. The highest BCUT2D eigenvalue weighted by Crippen LogP contribution is 2.26. The van der Waals surface area contributed by atoms with Gasteiger partial charge in [0.05, 0.1) is 36.0 Å². The summed E-state index contributed by atoms with van der Waals surface area (Å²) in [6, 6.07) is 3.54. The van der Waals surface area contributed by atoms with Gasteiger partial charge < -0.3 is 15.0 Å². The summed E-state index contributed by atoms with van der Waals surface area (Å²) in [6.07, 6.45) is 13.9. The van der Waals surface area contributed by atoms with Crippen molar-refractivity contribution >= 4 is 17.5 Å². The maximum Gasteiger partial charge on any atom is 0.238 e. The molecule has 3 rings (SSSR count). The molecule has 1 aromatic rings. The van der Waals surface area contributed by atoms with E-state index in [4.69, 9.17) is 22.8 Å². The molecule has 0 bridgehead atoms. The molecule has 2 heterocycles. The first-order valence-corrected chi connectivity index (χ1v) is 9.66. The van der Waals surface area contributed by atoms with Gasteiger partial charge in [0.25, 0.3) is 0 Å². The van der Waals surface area contributed by atoms with Crippen LogP contribution in [0.5, 0.6) is 5.75 Å². The number of pyridine rings is 1.